The van der Waals surface area contributed by atoms with Gasteiger partial charge in [-0.15, -0.1) is 0 Å². The summed E-state index contributed by atoms with van der Waals surface area (Å²) >= 11 is 0. The molecule has 136 valence electrons. The standard InChI is InChI=1S/C22H16N4O2/c27-21(10-14-4-3-9-23-13-14)24-16-7-8-18-17(12-16)22(26-25-18)20-11-15-5-1-2-6-19(15)28-20/h1-9,11-13H,10H2,(H,24,27)(H,25,26). The lowest BCUT2D eigenvalue weighted by Crippen LogP contribution is -2.14. The first-order valence-electron chi connectivity index (χ1n) is 8.92. The zero-order valence-corrected chi connectivity index (χ0v) is 14.8. The van der Waals surface area contributed by atoms with E-state index in [1.807, 2.05) is 60.7 Å². The Bertz CT molecular complexity index is 1250. The van der Waals surface area contributed by atoms with Gasteiger partial charge in [-0.05, 0) is 42.0 Å². The van der Waals surface area contributed by atoms with Gasteiger partial charge in [0, 0.05) is 28.9 Å². The maximum Gasteiger partial charge on any atom is 0.228 e. The number of H-pyrrole nitrogens is 1. The fourth-order valence-corrected chi connectivity index (χ4v) is 3.27. The van der Waals surface area contributed by atoms with Crippen LogP contribution in [0.4, 0.5) is 5.69 Å². The Morgan fingerprint density at radius 3 is 2.86 bits per heavy atom. The molecule has 0 aliphatic heterocycles. The molecule has 2 N–H and O–H groups in total. The number of nitrogens with zero attached hydrogens (tertiary/aromatic N) is 2. The fourth-order valence-electron chi connectivity index (χ4n) is 3.27. The van der Waals surface area contributed by atoms with Crippen molar-refractivity contribution >= 4 is 33.5 Å². The number of carbonyl (C=O) groups excluding carboxylic acids is 1. The summed E-state index contributed by atoms with van der Waals surface area (Å²) in [5.41, 5.74) is 3.98. The van der Waals surface area contributed by atoms with Crippen LogP contribution < -0.4 is 5.32 Å². The van der Waals surface area contributed by atoms with Crippen molar-refractivity contribution < 1.29 is 9.21 Å². The highest BCUT2D eigenvalue weighted by atomic mass is 16.3. The summed E-state index contributed by atoms with van der Waals surface area (Å²) < 4.78 is 5.94. The first kappa shape index (κ1) is 16.3. The molecule has 0 fully saturated rings. The number of hydrogen-bond donors (Lipinski definition) is 2. The van der Waals surface area contributed by atoms with Crippen molar-refractivity contribution in [3.8, 4) is 11.5 Å². The molecule has 0 spiro atoms. The van der Waals surface area contributed by atoms with E-state index in [9.17, 15) is 4.79 Å². The van der Waals surface area contributed by atoms with Gasteiger partial charge in [0.25, 0.3) is 0 Å². The second-order valence-electron chi connectivity index (χ2n) is 6.57. The number of furan rings is 1. The largest absolute Gasteiger partial charge is 0.454 e. The normalized spacial score (nSPS) is 11.1. The summed E-state index contributed by atoms with van der Waals surface area (Å²) in [7, 11) is 0. The average Bonchev–Trinajstić information content (AvgIpc) is 3.32. The van der Waals surface area contributed by atoms with Crippen molar-refractivity contribution in [2.75, 3.05) is 5.32 Å². The van der Waals surface area contributed by atoms with Crippen molar-refractivity contribution in [2.45, 2.75) is 6.42 Å². The van der Waals surface area contributed by atoms with Gasteiger partial charge in [0.15, 0.2) is 5.76 Å². The van der Waals surface area contributed by atoms with Crippen LogP contribution in [-0.4, -0.2) is 21.1 Å². The highest BCUT2D eigenvalue weighted by Gasteiger charge is 2.14. The Morgan fingerprint density at radius 2 is 2.00 bits per heavy atom. The summed E-state index contributed by atoms with van der Waals surface area (Å²) in [5, 5.41) is 12.3. The van der Waals surface area contributed by atoms with E-state index in [1.165, 1.54) is 0 Å². The van der Waals surface area contributed by atoms with Gasteiger partial charge in [0.2, 0.25) is 5.91 Å². The van der Waals surface area contributed by atoms with Crippen molar-refractivity contribution in [3.05, 3.63) is 78.6 Å². The number of aromatic nitrogens is 3. The van der Waals surface area contributed by atoms with Crippen LogP contribution in [0, 0.1) is 0 Å². The predicted octanol–water partition coefficient (Wildman–Crippen LogP) is 4.55. The molecule has 0 saturated heterocycles. The van der Waals surface area contributed by atoms with Crippen LogP contribution in [-0.2, 0) is 11.2 Å². The van der Waals surface area contributed by atoms with Gasteiger partial charge >= 0.3 is 0 Å². The second-order valence-corrected chi connectivity index (χ2v) is 6.57. The van der Waals surface area contributed by atoms with Crippen LogP contribution in [0.25, 0.3) is 33.3 Å². The molecular formula is C22H16N4O2. The van der Waals surface area contributed by atoms with E-state index < -0.39 is 0 Å². The Hall–Kier alpha value is -3.93. The van der Waals surface area contributed by atoms with Crippen LogP contribution in [0.2, 0.25) is 0 Å². The summed E-state index contributed by atoms with van der Waals surface area (Å²) in [6, 6.07) is 19.2. The summed E-state index contributed by atoms with van der Waals surface area (Å²) in [5.74, 6) is 0.590. The Labute approximate surface area is 160 Å². The maximum atomic E-state index is 12.3. The number of amides is 1. The lowest BCUT2D eigenvalue weighted by molar-refractivity contribution is -0.115. The number of pyridine rings is 1. The molecule has 0 aliphatic carbocycles. The second kappa shape index (κ2) is 6.66. The van der Waals surface area contributed by atoms with E-state index in [1.54, 1.807) is 12.4 Å². The minimum absolute atomic E-state index is 0.0962. The zero-order valence-electron chi connectivity index (χ0n) is 14.8. The van der Waals surface area contributed by atoms with Gasteiger partial charge in [-0.1, -0.05) is 24.3 Å². The van der Waals surface area contributed by atoms with Crippen LogP contribution in [0.3, 0.4) is 0 Å². The lowest BCUT2D eigenvalue weighted by atomic mass is 10.1. The number of anilines is 1. The Morgan fingerprint density at radius 1 is 1.07 bits per heavy atom. The number of para-hydroxylation sites is 1. The third kappa shape index (κ3) is 3.01. The predicted molar refractivity (Wildman–Crippen MR) is 108 cm³/mol. The topological polar surface area (TPSA) is 83.8 Å². The Kier molecular flexibility index (Phi) is 3.87. The molecule has 0 atom stereocenters. The molecule has 3 aromatic heterocycles. The van der Waals surface area contributed by atoms with Gasteiger partial charge in [-0.2, -0.15) is 5.10 Å². The highest BCUT2D eigenvalue weighted by Crippen LogP contribution is 2.32. The molecule has 6 nitrogen and oxygen atoms in total. The van der Waals surface area contributed by atoms with E-state index in [0.29, 0.717) is 11.4 Å². The zero-order chi connectivity index (χ0) is 18.9. The molecule has 0 aliphatic rings. The van der Waals surface area contributed by atoms with E-state index in [2.05, 4.69) is 20.5 Å². The first-order chi connectivity index (χ1) is 13.8. The van der Waals surface area contributed by atoms with E-state index in [4.69, 9.17) is 4.42 Å². The number of nitrogens with one attached hydrogen (secondary N) is 2. The summed E-state index contributed by atoms with van der Waals surface area (Å²) in [6.45, 7) is 0. The highest BCUT2D eigenvalue weighted by molar-refractivity contribution is 5.99. The smallest absolute Gasteiger partial charge is 0.228 e. The van der Waals surface area contributed by atoms with Crippen molar-refractivity contribution in [2.24, 2.45) is 0 Å². The van der Waals surface area contributed by atoms with Crippen molar-refractivity contribution in [1.82, 2.24) is 15.2 Å². The molecule has 1 amide bonds. The van der Waals surface area contributed by atoms with Crippen LogP contribution in [0.15, 0.2) is 77.5 Å². The Balaban J connectivity index is 1.45. The average molecular weight is 368 g/mol. The van der Waals surface area contributed by atoms with Gasteiger partial charge < -0.3 is 9.73 Å². The monoisotopic (exact) mass is 368 g/mol. The molecule has 5 rings (SSSR count). The molecule has 0 saturated carbocycles. The van der Waals surface area contributed by atoms with Gasteiger partial charge in [-0.25, -0.2) is 0 Å². The van der Waals surface area contributed by atoms with E-state index in [-0.39, 0.29) is 12.3 Å². The fraction of sp³-hybridized carbons (Fsp3) is 0.0455. The minimum atomic E-state index is -0.0962. The number of fused-ring (bicyclic) bond motifs is 2. The minimum Gasteiger partial charge on any atom is -0.454 e. The SMILES string of the molecule is O=C(Cc1cccnc1)Nc1ccc2[nH]nc(-c3cc4ccccc4o3)c2c1. The third-order valence-corrected chi connectivity index (χ3v) is 4.59. The number of rotatable bonds is 4. The molecular weight excluding hydrogens is 352 g/mol. The van der Waals surface area contributed by atoms with Crippen LogP contribution in [0.1, 0.15) is 5.56 Å². The van der Waals surface area contributed by atoms with Crippen molar-refractivity contribution in [3.63, 3.8) is 0 Å². The molecule has 28 heavy (non-hydrogen) atoms. The number of hydrogen-bond acceptors (Lipinski definition) is 4. The molecule has 2 aromatic carbocycles. The number of benzene rings is 2. The van der Waals surface area contributed by atoms with E-state index >= 15 is 0 Å². The van der Waals surface area contributed by atoms with Crippen LogP contribution >= 0.6 is 0 Å². The number of aromatic amines is 1. The van der Waals surface area contributed by atoms with Gasteiger partial charge in [-0.3, -0.25) is 14.9 Å². The summed E-state index contributed by atoms with van der Waals surface area (Å²) in [6.07, 6.45) is 3.65. The summed E-state index contributed by atoms with van der Waals surface area (Å²) in [4.78, 5) is 16.4. The molecule has 6 heteroatoms. The molecule has 3 heterocycles. The van der Waals surface area contributed by atoms with Crippen molar-refractivity contribution in [1.29, 1.82) is 0 Å². The molecule has 0 unspecified atom stereocenters. The first-order valence-corrected chi connectivity index (χ1v) is 8.92. The molecule has 5 aromatic rings. The van der Waals surface area contributed by atoms with Crippen LogP contribution in [0.5, 0.6) is 0 Å². The lowest BCUT2D eigenvalue weighted by Gasteiger charge is -2.05. The van der Waals surface area contributed by atoms with Gasteiger partial charge in [0.05, 0.1) is 11.9 Å². The number of carbonyl (C=O) groups is 1. The molecule has 0 radical (unpaired) electrons. The van der Waals surface area contributed by atoms with Gasteiger partial charge in [0.1, 0.15) is 11.3 Å². The maximum absolute atomic E-state index is 12.3. The third-order valence-electron chi connectivity index (χ3n) is 4.59. The molecule has 0 bridgehead atoms. The quantitative estimate of drug-likeness (QED) is 0.487. The van der Waals surface area contributed by atoms with E-state index in [0.717, 1.165) is 33.1 Å².